The quantitative estimate of drug-likeness (QED) is 0.432. The van der Waals surface area contributed by atoms with E-state index >= 15 is 0 Å². The number of benzene rings is 2. The third kappa shape index (κ3) is 5.24. The summed E-state index contributed by atoms with van der Waals surface area (Å²) in [4.78, 5) is 18.8. The van der Waals surface area contributed by atoms with Crippen LogP contribution in [0.5, 0.6) is 0 Å². The molecule has 0 fully saturated rings. The van der Waals surface area contributed by atoms with Crippen molar-refractivity contribution < 1.29 is 0 Å². The van der Waals surface area contributed by atoms with Gasteiger partial charge in [-0.15, -0.1) is 0 Å². The number of aromatic nitrogens is 4. The summed E-state index contributed by atoms with van der Waals surface area (Å²) in [5.41, 5.74) is 6.12. The van der Waals surface area contributed by atoms with Crippen LogP contribution < -0.4 is 0 Å². The van der Waals surface area contributed by atoms with Gasteiger partial charge in [-0.2, -0.15) is 0 Å². The van der Waals surface area contributed by atoms with E-state index in [1.165, 1.54) is 0 Å². The summed E-state index contributed by atoms with van der Waals surface area (Å²) in [7, 11) is 0. The molecule has 0 radical (unpaired) electrons. The summed E-state index contributed by atoms with van der Waals surface area (Å²) in [6.45, 7) is 7.69. The molecule has 0 aliphatic heterocycles. The monoisotopic (exact) mass is 410 g/mol. The average Bonchev–Trinajstić information content (AvgIpc) is 2.58. The van der Waals surface area contributed by atoms with Gasteiger partial charge in [0.25, 0.3) is 0 Å². The van der Waals surface area contributed by atoms with Crippen molar-refractivity contribution in [3.63, 3.8) is 0 Å². The van der Waals surface area contributed by atoms with Crippen molar-refractivity contribution in [2.75, 3.05) is 0 Å². The minimum atomic E-state index is 0.611. The van der Waals surface area contributed by atoms with Gasteiger partial charge in [-0.1, -0.05) is 23.2 Å². The van der Waals surface area contributed by atoms with Gasteiger partial charge >= 0.3 is 0 Å². The Morgan fingerprint density at radius 2 is 0.786 bits per heavy atom. The van der Waals surface area contributed by atoms with Crippen LogP contribution >= 0.6 is 23.2 Å². The van der Waals surface area contributed by atoms with Gasteiger partial charge in [0.1, 0.15) is 0 Å². The van der Waals surface area contributed by atoms with Gasteiger partial charge < -0.3 is 0 Å². The second-order valence-corrected chi connectivity index (χ2v) is 7.44. The maximum Gasteiger partial charge on any atom is 0.0904 e. The van der Waals surface area contributed by atoms with Crippen molar-refractivity contribution in [3.05, 3.63) is 81.4 Å². The van der Waals surface area contributed by atoms with E-state index in [1.807, 2.05) is 64.1 Å². The maximum atomic E-state index is 6.17. The molecular weight excluding hydrogens is 391 g/mol. The van der Waals surface area contributed by atoms with Crippen molar-refractivity contribution >= 4 is 45.3 Å². The molecule has 0 N–H and O–H groups in total. The molecule has 142 valence electrons. The molecule has 0 saturated heterocycles. The molecule has 0 spiro atoms. The fraction of sp³-hybridized carbons (Fsp3) is 0.182. The van der Waals surface area contributed by atoms with E-state index < -0.39 is 0 Å². The molecule has 0 saturated carbocycles. The topological polar surface area (TPSA) is 51.6 Å². The Labute approximate surface area is 174 Å². The first-order valence-corrected chi connectivity index (χ1v) is 9.55. The summed E-state index contributed by atoms with van der Waals surface area (Å²) in [6.07, 6.45) is 0. The molecular formula is C22H20Cl2N4. The van der Waals surface area contributed by atoms with Gasteiger partial charge in [-0.3, -0.25) is 19.9 Å². The lowest BCUT2D eigenvalue weighted by atomic mass is 10.3. The van der Waals surface area contributed by atoms with Gasteiger partial charge in [-0.05, 0) is 76.2 Å². The largest absolute Gasteiger partial charge is 0.251 e. The minimum absolute atomic E-state index is 0.611. The number of halogens is 2. The van der Waals surface area contributed by atoms with Crippen LogP contribution in [0.25, 0.3) is 22.1 Å². The first kappa shape index (κ1) is 20.2. The second kappa shape index (κ2) is 8.63. The van der Waals surface area contributed by atoms with E-state index in [1.54, 1.807) is 12.1 Å². The zero-order valence-corrected chi connectivity index (χ0v) is 17.7. The predicted octanol–water partition coefficient (Wildman–Crippen LogP) is 6.36. The highest BCUT2D eigenvalue weighted by Gasteiger charge is 1.98. The third-order valence-electron chi connectivity index (χ3n) is 3.90. The Balaban J connectivity index is 2.50. The Kier molecular flexibility index (Phi) is 6.22. The Morgan fingerprint density at radius 3 is 1.14 bits per heavy atom. The van der Waals surface area contributed by atoms with Crippen molar-refractivity contribution in [3.8, 4) is 0 Å². The highest BCUT2D eigenvalue weighted by Crippen LogP contribution is 2.17. The number of rotatable bonds is 0. The fourth-order valence-electron chi connectivity index (χ4n) is 2.86. The van der Waals surface area contributed by atoms with Crippen LogP contribution in [-0.4, -0.2) is 19.9 Å². The van der Waals surface area contributed by atoms with Crippen LogP contribution in [0, 0.1) is 27.7 Å². The molecule has 4 nitrogen and oxygen atoms in total. The average molecular weight is 411 g/mol. The minimum Gasteiger partial charge on any atom is -0.251 e. The Morgan fingerprint density at radius 1 is 0.464 bits per heavy atom. The summed E-state index contributed by atoms with van der Waals surface area (Å²) >= 11 is 12.3. The maximum absolute atomic E-state index is 6.17. The molecule has 1 heterocycles. The number of hydrogen-bond donors (Lipinski definition) is 0. The van der Waals surface area contributed by atoms with Crippen LogP contribution in [-0.2, 0) is 0 Å². The zero-order chi connectivity index (χ0) is 20.3. The van der Waals surface area contributed by atoms with Gasteiger partial charge in [0.2, 0.25) is 0 Å². The Bertz CT molecular complexity index is 1100. The summed E-state index contributed by atoms with van der Waals surface area (Å²) < 4.78 is 0. The van der Waals surface area contributed by atoms with Crippen LogP contribution in [0.4, 0.5) is 0 Å². The normalized spacial score (nSPS) is 10.5. The molecule has 1 aromatic heterocycles. The van der Waals surface area contributed by atoms with Crippen LogP contribution in [0.2, 0.25) is 10.0 Å². The Hall–Kier alpha value is -2.56. The number of fused-ring (bicyclic) bond motifs is 2. The van der Waals surface area contributed by atoms with E-state index in [-0.39, 0.29) is 0 Å². The van der Waals surface area contributed by atoms with Crippen LogP contribution in [0.15, 0.2) is 48.5 Å². The van der Waals surface area contributed by atoms with Gasteiger partial charge in [0.15, 0.2) is 0 Å². The first-order chi connectivity index (χ1) is 13.3. The van der Waals surface area contributed by atoms with Gasteiger partial charge in [0.05, 0.1) is 22.1 Å². The molecule has 0 unspecified atom stereocenters. The van der Waals surface area contributed by atoms with Crippen LogP contribution in [0.3, 0.4) is 0 Å². The van der Waals surface area contributed by atoms with E-state index in [4.69, 9.17) is 33.2 Å². The third-order valence-corrected chi connectivity index (χ3v) is 4.37. The SMILES string of the molecule is Cc1cc(C)nc2ccc(Cl)cc2nc(C)cc(C)nc2cc(Cl)ccc2n1. The molecule has 2 aromatic carbocycles. The van der Waals surface area contributed by atoms with Gasteiger partial charge in [0, 0.05) is 32.8 Å². The summed E-state index contributed by atoms with van der Waals surface area (Å²) in [5, 5.41) is 1.22. The highest BCUT2D eigenvalue weighted by molar-refractivity contribution is 6.31. The lowest BCUT2D eigenvalue weighted by molar-refractivity contribution is 1.17. The summed E-state index contributed by atoms with van der Waals surface area (Å²) in [6, 6.07) is 14.8. The molecule has 3 aromatic rings. The van der Waals surface area contributed by atoms with Gasteiger partial charge in [-0.25, -0.2) is 0 Å². The first-order valence-electron chi connectivity index (χ1n) is 8.80. The lowest BCUT2D eigenvalue weighted by Gasteiger charge is -1.99. The fourth-order valence-corrected chi connectivity index (χ4v) is 3.19. The van der Waals surface area contributed by atoms with Crippen LogP contribution in [0.1, 0.15) is 22.8 Å². The standard InChI is InChI=1S/C22H20Cl2N4/c1-13-9-14(2)26-20-8-6-18(24)12-22(20)28-16(4)10-15(3)27-21-11-17(23)5-7-19(21)25-13/h5-12H,1-4H3. The molecule has 0 aliphatic carbocycles. The molecule has 0 aliphatic rings. The number of hydrogen-bond acceptors (Lipinski definition) is 4. The number of aryl methyl sites for hydroxylation is 4. The molecule has 3 rings (SSSR count). The highest BCUT2D eigenvalue weighted by atomic mass is 35.5. The van der Waals surface area contributed by atoms with E-state index in [2.05, 4.69) is 9.97 Å². The smallest absolute Gasteiger partial charge is 0.0904 e. The van der Waals surface area contributed by atoms with Crippen molar-refractivity contribution in [2.24, 2.45) is 0 Å². The molecule has 28 heavy (non-hydrogen) atoms. The molecule has 0 atom stereocenters. The summed E-state index contributed by atoms with van der Waals surface area (Å²) in [5.74, 6) is 0. The zero-order valence-electron chi connectivity index (χ0n) is 16.2. The van der Waals surface area contributed by atoms with Crippen molar-refractivity contribution in [2.45, 2.75) is 27.7 Å². The molecule has 0 bridgehead atoms. The predicted molar refractivity (Wildman–Crippen MR) is 117 cm³/mol. The van der Waals surface area contributed by atoms with Crippen molar-refractivity contribution in [1.29, 1.82) is 0 Å². The number of nitrogens with zero attached hydrogens (tertiary/aromatic N) is 4. The second-order valence-electron chi connectivity index (χ2n) is 6.57. The van der Waals surface area contributed by atoms with Crippen molar-refractivity contribution in [1.82, 2.24) is 19.9 Å². The lowest BCUT2D eigenvalue weighted by Crippen LogP contribution is -1.87. The molecule has 0 amide bonds. The van der Waals surface area contributed by atoms with E-state index in [9.17, 15) is 0 Å². The van der Waals surface area contributed by atoms with E-state index in [0.717, 1.165) is 33.8 Å². The molecule has 6 heteroatoms. The van der Waals surface area contributed by atoms with E-state index in [0.29, 0.717) is 21.1 Å².